The van der Waals surface area contributed by atoms with Gasteiger partial charge in [0.05, 0.1) is 23.5 Å². The van der Waals surface area contributed by atoms with Gasteiger partial charge in [0, 0.05) is 31.5 Å². The molecule has 7 nitrogen and oxygen atoms in total. The van der Waals surface area contributed by atoms with Gasteiger partial charge in [-0.2, -0.15) is 4.31 Å². The molecule has 3 heterocycles. The molecule has 9 heteroatoms. The molecule has 0 spiro atoms. The van der Waals surface area contributed by atoms with Crippen LogP contribution in [0, 0.1) is 0 Å². The van der Waals surface area contributed by atoms with Gasteiger partial charge in [0.15, 0.2) is 0 Å². The van der Waals surface area contributed by atoms with Crippen molar-refractivity contribution in [1.82, 2.24) is 9.29 Å². The van der Waals surface area contributed by atoms with Gasteiger partial charge in [-0.1, -0.05) is 30.0 Å². The summed E-state index contributed by atoms with van der Waals surface area (Å²) in [5.74, 6) is 0.0407. The molecule has 1 saturated heterocycles. The molecular formula is C21H25N3O4S2. The standard InChI is InChI=1S/C21H25N3O4S2/c1-16(21(25)24-10-4-6-17-5-2-3-7-19(17)24)29-20-9-8-18(15-22-20)30(26,27)23-11-13-28-14-12-23/h2-3,5,7-9,15-16H,4,6,10-14H2,1H3/t16-/m0/s1. The Morgan fingerprint density at radius 2 is 1.90 bits per heavy atom. The molecule has 2 aromatic rings. The first-order valence-corrected chi connectivity index (χ1v) is 12.4. The number of anilines is 1. The molecule has 4 rings (SSSR count). The second-order valence-corrected chi connectivity index (χ2v) is 10.6. The van der Waals surface area contributed by atoms with E-state index in [1.807, 2.05) is 30.0 Å². The third-order valence-electron chi connectivity index (χ3n) is 5.34. The number of sulfonamides is 1. The topological polar surface area (TPSA) is 79.8 Å². The molecule has 0 bridgehead atoms. The Kier molecular flexibility index (Phi) is 6.43. The molecule has 0 N–H and O–H groups in total. The Bertz CT molecular complexity index is 1010. The predicted molar refractivity (Wildman–Crippen MR) is 116 cm³/mol. The normalized spacial score (nSPS) is 18.6. The summed E-state index contributed by atoms with van der Waals surface area (Å²) in [4.78, 5) is 19.4. The van der Waals surface area contributed by atoms with Crippen LogP contribution in [-0.4, -0.2) is 61.7 Å². The number of ether oxygens (including phenoxy) is 1. The number of hydrogen-bond donors (Lipinski definition) is 0. The molecule has 0 aliphatic carbocycles. The lowest BCUT2D eigenvalue weighted by atomic mass is 10.0. The summed E-state index contributed by atoms with van der Waals surface area (Å²) < 4.78 is 32.1. The highest BCUT2D eigenvalue weighted by Crippen LogP contribution is 2.30. The number of fused-ring (bicyclic) bond motifs is 1. The van der Waals surface area contributed by atoms with E-state index in [1.165, 1.54) is 27.8 Å². The van der Waals surface area contributed by atoms with Crippen molar-refractivity contribution in [2.24, 2.45) is 0 Å². The second-order valence-electron chi connectivity index (χ2n) is 7.33. The molecule has 2 aliphatic heterocycles. The van der Waals surface area contributed by atoms with Crippen molar-refractivity contribution < 1.29 is 17.9 Å². The Labute approximate surface area is 181 Å². The van der Waals surface area contributed by atoms with E-state index < -0.39 is 10.0 Å². The molecule has 1 atom stereocenters. The highest BCUT2D eigenvalue weighted by atomic mass is 32.2. The number of para-hydroxylation sites is 1. The molecular weight excluding hydrogens is 422 g/mol. The van der Waals surface area contributed by atoms with Crippen molar-refractivity contribution >= 4 is 33.4 Å². The van der Waals surface area contributed by atoms with Crippen LogP contribution in [0.2, 0.25) is 0 Å². The summed E-state index contributed by atoms with van der Waals surface area (Å²) in [5.41, 5.74) is 2.19. The SMILES string of the molecule is C[C@H](Sc1ccc(S(=O)(=O)N2CCOCC2)cn1)C(=O)N1CCCc2ccccc21. The van der Waals surface area contributed by atoms with Crippen LogP contribution in [-0.2, 0) is 26.0 Å². The zero-order valence-electron chi connectivity index (χ0n) is 16.9. The number of benzene rings is 1. The van der Waals surface area contributed by atoms with Gasteiger partial charge in [-0.3, -0.25) is 4.79 Å². The first-order chi connectivity index (χ1) is 14.5. The van der Waals surface area contributed by atoms with Crippen LogP contribution in [0.25, 0.3) is 0 Å². The van der Waals surface area contributed by atoms with Crippen LogP contribution in [0.3, 0.4) is 0 Å². The molecule has 30 heavy (non-hydrogen) atoms. The van der Waals surface area contributed by atoms with Gasteiger partial charge in [-0.15, -0.1) is 0 Å². The number of rotatable bonds is 5. The van der Waals surface area contributed by atoms with Crippen LogP contribution < -0.4 is 4.90 Å². The quantitative estimate of drug-likeness (QED) is 0.656. The van der Waals surface area contributed by atoms with Gasteiger partial charge in [0.25, 0.3) is 0 Å². The van der Waals surface area contributed by atoms with Crippen LogP contribution in [0.5, 0.6) is 0 Å². The van der Waals surface area contributed by atoms with E-state index in [0.29, 0.717) is 37.9 Å². The third kappa shape index (κ3) is 4.39. The van der Waals surface area contributed by atoms with Crippen LogP contribution in [0.15, 0.2) is 52.5 Å². The Balaban J connectivity index is 1.44. The number of thioether (sulfide) groups is 1. The number of nitrogens with zero attached hydrogens (tertiary/aromatic N) is 3. The van der Waals surface area contributed by atoms with E-state index in [-0.39, 0.29) is 16.1 Å². The van der Waals surface area contributed by atoms with E-state index in [4.69, 9.17) is 4.74 Å². The number of hydrogen-bond acceptors (Lipinski definition) is 6. The molecule has 160 valence electrons. The lowest BCUT2D eigenvalue weighted by Crippen LogP contribution is -2.40. The van der Waals surface area contributed by atoms with Crippen LogP contribution in [0.4, 0.5) is 5.69 Å². The maximum atomic E-state index is 13.1. The minimum Gasteiger partial charge on any atom is -0.379 e. The Hall–Kier alpha value is -1.94. The van der Waals surface area contributed by atoms with Gasteiger partial charge in [-0.25, -0.2) is 13.4 Å². The summed E-state index contributed by atoms with van der Waals surface area (Å²) >= 11 is 1.34. The van der Waals surface area contributed by atoms with Gasteiger partial charge in [0.2, 0.25) is 15.9 Å². The molecule has 1 fully saturated rings. The molecule has 1 aromatic carbocycles. The van der Waals surface area contributed by atoms with Crippen molar-refractivity contribution in [2.45, 2.75) is 34.9 Å². The fraction of sp³-hybridized carbons (Fsp3) is 0.429. The zero-order chi connectivity index (χ0) is 21.1. The molecule has 1 aromatic heterocycles. The number of pyridine rings is 1. The monoisotopic (exact) mass is 447 g/mol. The molecule has 0 saturated carbocycles. The van der Waals surface area contributed by atoms with Gasteiger partial charge in [0.1, 0.15) is 4.90 Å². The van der Waals surface area contributed by atoms with E-state index in [9.17, 15) is 13.2 Å². The van der Waals surface area contributed by atoms with Crippen molar-refractivity contribution in [2.75, 3.05) is 37.7 Å². The summed E-state index contributed by atoms with van der Waals surface area (Å²) in [6.45, 7) is 4.08. The number of carbonyl (C=O) groups is 1. The number of morpholine rings is 1. The van der Waals surface area contributed by atoms with E-state index >= 15 is 0 Å². The zero-order valence-corrected chi connectivity index (χ0v) is 18.5. The van der Waals surface area contributed by atoms with E-state index in [2.05, 4.69) is 11.1 Å². The lowest BCUT2D eigenvalue weighted by Gasteiger charge is -2.31. The average Bonchev–Trinajstić information content (AvgIpc) is 2.79. The highest BCUT2D eigenvalue weighted by molar-refractivity contribution is 8.00. The minimum atomic E-state index is -3.57. The second kappa shape index (κ2) is 9.05. The molecule has 0 unspecified atom stereocenters. The van der Waals surface area contributed by atoms with Crippen molar-refractivity contribution in [1.29, 1.82) is 0 Å². The largest absolute Gasteiger partial charge is 0.379 e. The maximum absolute atomic E-state index is 13.1. The molecule has 2 aliphatic rings. The summed E-state index contributed by atoms with van der Waals surface area (Å²) in [7, 11) is -3.57. The molecule has 1 amide bonds. The Morgan fingerprint density at radius 1 is 1.13 bits per heavy atom. The van der Waals surface area contributed by atoms with Gasteiger partial charge < -0.3 is 9.64 Å². The molecule has 0 radical (unpaired) electrons. The summed E-state index contributed by atoms with van der Waals surface area (Å²) in [6.07, 6.45) is 3.31. The fourth-order valence-electron chi connectivity index (χ4n) is 3.74. The minimum absolute atomic E-state index is 0.0407. The first-order valence-electron chi connectivity index (χ1n) is 10.1. The highest BCUT2D eigenvalue weighted by Gasteiger charge is 2.28. The Morgan fingerprint density at radius 3 is 2.63 bits per heavy atom. The van der Waals surface area contributed by atoms with Crippen LogP contribution >= 0.6 is 11.8 Å². The van der Waals surface area contributed by atoms with Gasteiger partial charge >= 0.3 is 0 Å². The van der Waals surface area contributed by atoms with E-state index in [1.54, 1.807) is 12.1 Å². The smallest absolute Gasteiger partial charge is 0.244 e. The fourth-order valence-corrected chi connectivity index (χ4v) is 5.94. The average molecular weight is 448 g/mol. The number of carbonyl (C=O) groups excluding carboxylic acids is 1. The predicted octanol–water partition coefficient (Wildman–Crippen LogP) is 2.56. The van der Waals surface area contributed by atoms with E-state index in [0.717, 1.165) is 18.5 Å². The number of aromatic nitrogens is 1. The number of amides is 1. The van der Waals surface area contributed by atoms with Crippen molar-refractivity contribution in [3.8, 4) is 0 Å². The third-order valence-corrected chi connectivity index (χ3v) is 8.26. The lowest BCUT2D eigenvalue weighted by molar-refractivity contribution is -0.117. The first kappa shape index (κ1) is 21.3. The van der Waals surface area contributed by atoms with Crippen LogP contribution in [0.1, 0.15) is 18.9 Å². The summed E-state index contributed by atoms with van der Waals surface area (Å²) in [6, 6.07) is 11.3. The van der Waals surface area contributed by atoms with Crippen molar-refractivity contribution in [3.63, 3.8) is 0 Å². The maximum Gasteiger partial charge on any atom is 0.244 e. The summed E-state index contributed by atoms with van der Waals surface area (Å²) in [5, 5.41) is 0.299. The van der Waals surface area contributed by atoms with Gasteiger partial charge in [-0.05, 0) is 43.5 Å². The van der Waals surface area contributed by atoms with Crippen molar-refractivity contribution in [3.05, 3.63) is 48.2 Å². The number of aryl methyl sites for hydroxylation is 1.